The number of nitrogens with zero attached hydrogens (tertiary/aromatic N) is 2. The lowest BCUT2D eigenvalue weighted by Crippen LogP contribution is -2.12. The van der Waals surface area contributed by atoms with Gasteiger partial charge in [0.2, 0.25) is 0 Å². The summed E-state index contributed by atoms with van der Waals surface area (Å²) in [6.45, 7) is 0. The SMILES string of the molecule is O=c1[nH]c(-c2ccc(F)cn2)nc(-c2ccccc2)c1Br. The van der Waals surface area contributed by atoms with E-state index in [4.69, 9.17) is 0 Å². The zero-order valence-corrected chi connectivity index (χ0v) is 12.3. The molecule has 0 amide bonds. The van der Waals surface area contributed by atoms with Crippen LogP contribution < -0.4 is 5.56 Å². The fraction of sp³-hybridized carbons (Fsp3) is 0. The standard InChI is InChI=1S/C15H9BrFN3O/c16-12-13(9-4-2-1-3-5-9)19-14(20-15(12)21)11-7-6-10(17)8-18-11/h1-8H,(H,19,20,21). The summed E-state index contributed by atoms with van der Waals surface area (Å²) in [6, 6.07) is 12.1. The van der Waals surface area contributed by atoms with E-state index >= 15 is 0 Å². The first-order chi connectivity index (χ1) is 10.1. The van der Waals surface area contributed by atoms with Crippen molar-refractivity contribution in [1.82, 2.24) is 15.0 Å². The van der Waals surface area contributed by atoms with E-state index in [0.717, 1.165) is 11.8 Å². The summed E-state index contributed by atoms with van der Waals surface area (Å²) in [5.74, 6) is -0.149. The van der Waals surface area contributed by atoms with Gasteiger partial charge in [-0.05, 0) is 28.1 Å². The molecule has 2 aromatic heterocycles. The molecule has 2 heterocycles. The Hall–Kier alpha value is -2.34. The smallest absolute Gasteiger partial charge is 0.266 e. The van der Waals surface area contributed by atoms with Crippen molar-refractivity contribution in [2.24, 2.45) is 0 Å². The van der Waals surface area contributed by atoms with Crippen molar-refractivity contribution in [3.05, 3.63) is 69.3 Å². The largest absolute Gasteiger partial charge is 0.304 e. The molecule has 0 radical (unpaired) electrons. The molecular weight excluding hydrogens is 337 g/mol. The fourth-order valence-electron chi connectivity index (χ4n) is 1.88. The first-order valence-electron chi connectivity index (χ1n) is 6.12. The minimum Gasteiger partial charge on any atom is -0.304 e. The van der Waals surface area contributed by atoms with Crippen LogP contribution in [0.3, 0.4) is 0 Å². The Kier molecular flexibility index (Phi) is 3.62. The van der Waals surface area contributed by atoms with Gasteiger partial charge in [-0.3, -0.25) is 4.79 Å². The number of nitrogens with one attached hydrogen (secondary N) is 1. The number of pyridine rings is 1. The minimum absolute atomic E-state index is 0.294. The van der Waals surface area contributed by atoms with Gasteiger partial charge in [0.25, 0.3) is 5.56 Å². The minimum atomic E-state index is -0.443. The van der Waals surface area contributed by atoms with Crippen LogP contribution >= 0.6 is 15.9 Å². The van der Waals surface area contributed by atoms with E-state index in [1.54, 1.807) is 0 Å². The molecule has 4 nitrogen and oxygen atoms in total. The van der Waals surface area contributed by atoms with E-state index in [-0.39, 0.29) is 5.56 Å². The molecule has 6 heteroatoms. The van der Waals surface area contributed by atoms with Gasteiger partial charge in [-0.2, -0.15) is 0 Å². The summed E-state index contributed by atoms with van der Waals surface area (Å²) in [5.41, 5.74) is 1.41. The van der Waals surface area contributed by atoms with E-state index in [1.807, 2.05) is 30.3 Å². The number of halogens is 2. The van der Waals surface area contributed by atoms with Crippen molar-refractivity contribution >= 4 is 15.9 Å². The second-order valence-corrected chi connectivity index (χ2v) is 5.10. The second-order valence-electron chi connectivity index (χ2n) is 4.30. The Labute approximate surface area is 127 Å². The van der Waals surface area contributed by atoms with Gasteiger partial charge >= 0.3 is 0 Å². The molecule has 1 N–H and O–H groups in total. The van der Waals surface area contributed by atoms with E-state index in [1.165, 1.54) is 12.1 Å². The first kappa shape index (κ1) is 13.6. The summed E-state index contributed by atoms with van der Waals surface area (Å²) in [6.07, 6.45) is 1.08. The Bertz CT molecular complexity index is 832. The molecule has 0 aliphatic rings. The third-order valence-corrected chi connectivity index (χ3v) is 3.62. The van der Waals surface area contributed by atoms with Crippen molar-refractivity contribution < 1.29 is 4.39 Å². The van der Waals surface area contributed by atoms with Crippen LogP contribution in [-0.4, -0.2) is 15.0 Å². The van der Waals surface area contributed by atoms with Crippen molar-refractivity contribution in [1.29, 1.82) is 0 Å². The third kappa shape index (κ3) is 2.75. The molecule has 0 unspecified atom stereocenters. The summed E-state index contributed by atoms with van der Waals surface area (Å²) in [7, 11) is 0. The quantitative estimate of drug-likeness (QED) is 0.774. The maximum Gasteiger partial charge on any atom is 0.266 e. The molecule has 1 aromatic carbocycles. The molecule has 0 bridgehead atoms. The predicted octanol–water partition coefficient (Wildman–Crippen LogP) is 3.40. The van der Waals surface area contributed by atoms with E-state index in [0.29, 0.717) is 21.7 Å². The summed E-state index contributed by atoms with van der Waals surface area (Å²) < 4.78 is 13.3. The molecule has 3 rings (SSSR count). The molecule has 0 fully saturated rings. The molecule has 3 aromatic rings. The highest BCUT2D eigenvalue weighted by Gasteiger charge is 2.12. The highest BCUT2D eigenvalue weighted by atomic mass is 79.9. The Morgan fingerprint density at radius 3 is 2.52 bits per heavy atom. The van der Waals surface area contributed by atoms with Gasteiger partial charge in [0.15, 0.2) is 5.82 Å². The molecule has 104 valence electrons. The summed E-state index contributed by atoms with van der Waals surface area (Å²) in [4.78, 5) is 23.0. The lowest BCUT2D eigenvalue weighted by molar-refractivity contribution is 0.621. The molecular formula is C15H9BrFN3O. The number of aromatic nitrogens is 3. The molecule has 0 spiro atoms. The summed E-state index contributed by atoms with van der Waals surface area (Å²) in [5, 5.41) is 0. The molecule has 0 saturated heterocycles. The van der Waals surface area contributed by atoms with E-state index < -0.39 is 5.82 Å². The molecule has 0 aliphatic heterocycles. The van der Waals surface area contributed by atoms with Crippen LogP contribution in [0.2, 0.25) is 0 Å². The Morgan fingerprint density at radius 2 is 1.86 bits per heavy atom. The van der Waals surface area contributed by atoms with Gasteiger partial charge in [-0.15, -0.1) is 0 Å². The molecule has 0 atom stereocenters. The van der Waals surface area contributed by atoms with Crippen molar-refractivity contribution in [2.75, 3.05) is 0 Å². The highest BCUT2D eigenvalue weighted by molar-refractivity contribution is 9.10. The van der Waals surface area contributed by atoms with Gasteiger partial charge < -0.3 is 4.98 Å². The van der Waals surface area contributed by atoms with Crippen molar-refractivity contribution in [2.45, 2.75) is 0 Å². The average molecular weight is 346 g/mol. The van der Waals surface area contributed by atoms with Crippen LogP contribution in [0, 0.1) is 5.82 Å². The van der Waals surface area contributed by atoms with Crippen LogP contribution in [0.25, 0.3) is 22.8 Å². The van der Waals surface area contributed by atoms with Crippen LogP contribution in [0.15, 0.2) is 57.9 Å². The lowest BCUT2D eigenvalue weighted by Gasteiger charge is -2.06. The van der Waals surface area contributed by atoms with Gasteiger partial charge in [0.1, 0.15) is 16.0 Å². The Morgan fingerprint density at radius 1 is 1.10 bits per heavy atom. The number of benzene rings is 1. The Balaban J connectivity index is 2.19. The van der Waals surface area contributed by atoms with Crippen molar-refractivity contribution in [3.63, 3.8) is 0 Å². The van der Waals surface area contributed by atoms with Crippen LogP contribution in [0.4, 0.5) is 4.39 Å². The fourth-order valence-corrected chi connectivity index (χ4v) is 2.30. The zero-order chi connectivity index (χ0) is 14.8. The molecule has 0 aliphatic carbocycles. The maximum absolute atomic E-state index is 12.9. The number of hydrogen-bond donors (Lipinski definition) is 1. The predicted molar refractivity (Wildman–Crippen MR) is 81.2 cm³/mol. The van der Waals surface area contributed by atoms with Gasteiger partial charge in [0.05, 0.1) is 11.9 Å². The van der Waals surface area contributed by atoms with Crippen molar-refractivity contribution in [3.8, 4) is 22.8 Å². The number of rotatable bonds is 2. The monoisotopic (exact) mass is 345 g/mol. The lowest BCUT2D eigenvalue weighted by atomic mass is 10.1. The van der Waals surface area contributed by atoms with Gasteiger partial charge in [0, 0.05) is 5.56 Å². The number of H-pyrrole nitrogens is 1. The third-order valence-electron chi connectivity index (χ3n) is 2.88. The molecule has 21 heavy (non-hydrogen) atoms. The topological polar surface area (TPSA) is 58.6 Å². The number of aromatic amines is 1. The van der Waals surface area contributed by atoms with Crippen LogP contribution in [0.1, 0.15) is 0 Å². The average Bonchev–Trinajstić information content (AvgIpc) is 2.51. The normalized spacial score (nSPS) is 10.6. The van der Waals surface area contributed by atoms with Gasteiger partial charge in [-0.25, -0.2) is 14.4 Å². The summed E-state index contributed by atoms with van der Waals surface area (Å²) >= 11 is 3.25. The first-order valence-corrected chi connectivity index (χ1v) is 6.91. The highest BCUT2D eigenvalue weighted by Crippen LogP contribution is 2.24. The van der Waals surface area contributed by atoms with Crippen LogP contribution in [-0.2, 0) is 0 Å². The second kappa shape index (κ2) is 5.57. The van der Waals surface area contributed by atoms with Crippen LogP contribution in [0.5, 0.6) is 0 Å². The van der Waals surface area contributed by atoms with E-state index in [9.17, 15) is 9.18 Å². The molecule has 0 saturated carbocycles. The van der Waals surface area contributed by atoms with Gasteiger partial charge in [-0.1, -0.05) is 30.3 Å². The zero-order valence-electron chi connectivity index (χ0n) is 10.7. The number of hydrogen-bond acceptors (Lipinski definition) is 3. The van der Waals surface area contributed by atoms with E-state index in [2.05, 4.69) is 30.9 Å². The maximum atomic E-state index is 12.9.